The van der Waals surface area contributed by atoms with Gasteiger partial charge in [-0.3, -0.25) is 0 Å². The van der Waals surface area contributed by atoms with E-state index >= 15 is 0 Å². The molecule has 0 aromatic carbocycles. The maximum atomic E-state index is 5.69. The van der Waals surface area contributed by atoms with Gasteiger partial charge in [-0.1, -0.05) is 6.92 Å². The lowest BCUT2D eigenvalue weighted by atomic mass is 9.89. The molecule has 3 nitrogen and oxygen atoms in total. The van der Waals surface area contributed by atoms with Crippen LogP contribution in [0.5, 0.6) is 0 Å². The Bertz CT molecular complexity index is 134. The first kappa shape index (κ1) is 9.96. The van der Waals surface area contributed by atoms with Crippen LogP contribution >= 0.6 is 0 Å². The van der Waals surface area contributed by atoms with Gasteiger partial charge in [0.25, 0.3) is 0 Å². The number of hydrogen-bond acceptors (Lipinski definition) is 3. The highest BCUT2D eigenvalue weighted by molar-refractivity contribution is 4.87. The molecule has 0 bridgehead atoms. The molecule has 2 unspecified atom stereocenters. The molecule has 1 aliphatic heterocycles. The first-order valence-corrected chi connectivity index (χ1v) is 4.63. The molecular weight excluding hydrogens is 154 g/mol. The predicted octanol–water partition coefficient (Wildman–Crippen LogP) is 0.919. The maximum absolute atomic E-state index is 5.69. The van der Waals surface area contributed by atoms with E-state index < -0.39 is 0 Å². The van der Waals surface area contributed by atoms with Crippen LogP contribution in [-0.2, 0) is 9.47 Å². The quantitative estimate of drug-likeness (QED) is 0.690. The molecular formula is C9H19NO2. The Morgan fingerprint density at radius 3 is 2.92 bits per heavy atom. The van der Waals surface area contributed by atoms with E-state index in [1.165, 1.54) is 0 Å². The van der Waals surface area contributed by atoms with E-state index in [1.807, 2.05) is 0 Å². The zero-order valence-electron chi connectivity index (χ0n) is 8.01. The van der Waals surface area contributed by atoms with Crippen LogP contribution in [0, 0.1) is 0 Å². The molecule has 0 aromatic rings. The van der Waals surface area contributed by atoms with E-state index in [4.69, 9.17) is 15.2 Å². The molecule has 0 aliphatic carbocycles. The van der Waals surface area contributed by atoms with Gasteiger partial charge < -0.3 is 15.2 Å². The molecule has 1 saturated heterocycles. The molecule has 1 rings (SSSR count). The number of ether oxygens (including phenoxy) is 2. The Kier molecular flexibility index (Phi) is 3.50. The van der Waals surface area contributed by atoms with E-state index in [2.05, 4.69) is 6.92 Å². The van der Waals surface area contributed by atoms with Gasteiger partial charge in [0.05, 0.1) is 11.7 Å². The fraction of sp³-hybridized carbons (Fsp3) is 1.00. The summed E-state index contributed by atoms with van der Waals surface area (Å²) in [6.45, 7) is 3.51. The highest BCUT2D eigenvalue weighted by Gasteiger charge is 2.35. The Labute approximate surface area is 74.2 Å². The molecule has 3 heteroatoms. The lowest BCUT2D eigenvalue weighted by molar-refractivity contribution is -0.117. The summed E-state index contributed by atoms with van der Waals surface area (Å²) in [4.78, 5) is 0. The fourth-order valence-electron chi connectivity index (χ4n) is 1.70. The monoisotopic (exact) mass is 173 g/mol. The van der Waals surface area contributed by atoms with Gasteiger partial charge in [0.15, 0.2) is 0 Å². The summed E-state index contributed by atoms with van der Waals surface area (Å²) >= 11 is 0. The molecule has 2 atom stereocenters. The second kappa shape index (κ2) is 4.21. The molecule has 0 spiro atoms. The van der Waals surface area contributed by atoms with Gasteiger partial charge in [0, 0.05) is 33.1 Å². The van der Waals surface area contributed by atoms with Gasteiger partial charge in [0.1, 0.15) is 0 Å². The average molecular weight is 173 g/mol. The fourth-order valence-corrected chi connectivity index (χ4v) is 1.70. The molecule has 1 aliphatic rings. The van der Waals surface area contributed by atoms with Crippen LogP contribution in [0.1, 0.15) is 26.2 Å². The summed E-state index contributed by atoms with van der Waals surface area (Å²) in [5, 5.41) is 0. The normalized spacial score (nSPS) is 36.8. The lowest BCUT2D eigenvalue weighted by Crippen LogP contribution is -2.47. The zero-order chi connectivity index (χ0) is 9.03. The first-order chi connectivity index (χ1) is 5.76. The van der Waals surface area contributed by atoms with Crippen LogP contribution in [0.3, 0.4) is 0 Å². The van der Waals surface area contributed by atoms with Crippen LogP contribution in [0.2, 0.25) is 0 Å². The molecule has 1 fully saturated rings. The highest BCUT2D eigenvalue weighted by Crippen LogP contribution is 2.28. The van der Waals surface area contributed by atoms with E-state index in [0.717, 1.165) is 25.9 Å². The first-order valence-electron chi connectivity index (χ1n) is 4.63. The Morgan fingerprint density at radius 1 is 1.67 bits per heavy atom. The van der Waals surface area contributed by atoms with E-state index in [1.54, 1.807) is 7.11 Å². The summed E-state index contributed by atoms with van der Waals surface area (Å²) < 4.78 is 11.0. The number of rotatable bonds is 3. The van der Waals surface area contributed by atoms with Crippen molar-refractivity contribution in [3.8, 4) is 0 Å². The van der Waals surface area contributed by atoms with Crippen molar-refractivity contribution >= 4 is 0 Å². The molecule has 2 N–H and O–H groups in total. The van der Waals surface area contributed by atoms with Crippen LogP contribution < -0.4 is 5.73 Å². The minimum atomic E-state index is -0.112. The largest absolute Gasteiger partial charge is 0.378 e. The predicted molar refractivity (Wildman–Crippen MR) is 48.1 cm³/mol. The molecule has 72 valence electrons. The van der Waals surface area contributed by atoms with Crippen molar-refractivity contribution < 1.29 is 9.47 Å². The van der Waals surface area contributed by atoms with E-state index in [-0.39, 0.29) is 5.60 Å². The highest BCUT2D eigenvalue weighted by atomic mass is 16.5. The van der Waals surface area contributed by atoms with Gasteiger partial charge in [-0.2, -0.15) is 0 Å². The molecule has 0 amide bonds. The van der Waals surface area contributed by atoms with Crippen LogP contribution in [0.15, 0.2) is 0 Å². The van der Waals surface area contributed by atoms with Crippen LogP contribution in [0.4, 0.5) is 0 Å². The molecule has 0 saturated carbocycles. The maximum Gasteiger partial charge on any atom is 0.0846 e. The van der Waals surface area contributed by atoms with Crippen LogP contribution in [-0.4, -0.2) is 32.0 Å². The van der Waals surface area contributed by atoms with Crippen molar-refractivity contribution in [3.63, 3.8) is 0 Å². The van der Waals surface area contributed by atoms with Gasteiger partial charge in [-0.25, -0.2) is 0 Å². The second-order valence-corrected chi connectivity index (χ2v) is 3.45. The van der Waals surface area contributed by atoms with Gasteiger partial charge in [0.2, 0.25) is 0 Å². The van der Waals surface area contributed by atoms with Crippen molar-refractivity contribution in [2.24, 2.45) is 5.73 Å². The van der Waals surface area contributed by atoms with Gasteiger partial charge in [-0.05, 0) is 6.42 Å². The third kappa shape index (κ3) is 1.97. The molecule has 1 heterocycles. The van der Waals surface area contributed by atoms with Crippen molar-refractivity contribution in [1.29, 1.82) is 0 Å². The summed E-state index contributed by atoms with van der Waals surface area (Å²) in [7, 11) is 1.74. The van der Waals surface area contributed by atoms with Crippen molar-refractivity contribution in [2.75, 3.05) is 20.3 Å². The average Bonchev–Trinajstić information content (AvgIpc) is 2.18. The topological polar surface area (TPSA) is 44.5 Å². The van der Waals surface area contributed by atoms with Crippen molar-refractivity contribution in [1.82, 2.24) is 0 Å². The number of nitrogens with two attached hydrogens (primary N) is 1. The second-order valence-electron chi connectivity index (χ2n) is 3.45. The van der Waals surface area contributed by atoms with Gasteiger partial charge in [-0.15, -0.1) is 0 Å². The minimum Gasteiger partial charge on any atom is -0.378 e. The molecule has 0 aromatic heterocycles. The zero-order valence-corrected chi connectivity index (χ0v) is 8.01. The summed E-state index contributed by atoms with van der Waals surface area (Å²) in [6.07, 6.45) is 3.25. The third-order valence-corrected chi connectivity index (χ3v) is 2.77. The van der Waals surface area contributed by atoms with Crippen molar-refractivity contribution in [3.05, 3.63) is 0 Å². The molecule has 0 radical (unpaired) electrons. The Balaban J connectivity index is 2.52. The molecule has 12 heavy (non-hydrogen) atoms. The standard InChI is InChI=1S/C9H19NO2/c1-3-8-6-9(7-10,11-2)4-5-12-8/h8H,3-7,10H2,1-2H3. The van der Waals surface area contributed by atoms with Crippen molar-refractivity contribution in [2.45, 2.75) is 37.9 Å². The third-order valence-electron chi connectivity index (χ3n) is 2.77. The SMILES string of the molecule is CCC1CC(CN)(OC)CCO1. The summed E-state index contributed by atoms with van der Waals surface area (Å²) in [5.74, 6) is 0. The minimum absolute atomic E-state index is 0.112. The lowest BCUT2D eigenvalue weighted by Gasteiger charge is -2.38. The Morgan fingerprint density at radius 2 is 2.42 bits per heavy atom. The van der Waals surface area contributed by atoms with E-state index in [9.17, 15) is 0 Å². The number of methoxy groups -OCH3 is 1. The summed E-state index contributed by atoms with van der Waals surface area (Å²) in [6, 6.07) is 0. The van der Waals surface area contributed by atoms with E-state index in [0.29, 0.717) is 12.6 Å². The Hall–Kier alpha value is -0.120. The van der Waals surface area contributed by atoms with Gasteiger partial charge >= 0.3 is 0 Å². The van der Waals surface area contributed by atoms with Crippen LogP contribution in [0.25, 0.3) is 0 Å². The smallest absolute Gasteiger partial charge is 0.0846 e. The number of hydrogen-bond donors (Lipinski definition) is 1. The summed E-state index contributed by atoms with van der Waals surface area (Å²) in [5.41, 5.74) is 5.57.